The summed E-state index contributed by atoms with van der Waals surface area (Å²) in [5.41, 5.74) is 3.35. The highest BCUT2D eigenvalue weighted by Crippen LogP contribution is 2.31. The van der Waals surface area contributed by atoms with Crippen LogP contribution >= 0.6 is 0 Å². The van der Waals surface area contributed by atoms with Crippen molar-refractivity contribution < 1.29 is 0 Å². The number of hydrogen-bond donors (Lipinski definition) is 1. The lowest BCUT2D eigenvalue weighted by Crippen LogP contribution is -1.84. The molecular weight excluding hydrogens is 304 g/mol. The molecule has 5 aromatic rings. The molecule has 25 heavy (non-hydrogen) atoms. The molecule has 1 N–H and O–H groups in total. The van der Waals surface area contributed by atoms with E-state index in [2.05, 4.69) is 94.9 Å². The molecule has 0 atom stereocenters. The standard InChI is InChI=1S/C23H16N2/c1-3-11-18-16(7-1)9-5-13-20(18)22-15-24-23(25-22)21-14-6-10-17-8-2-4-12-19(17)21/h1-15H,(H,24,25). The fourth-order valence-electron chi connectivity index (χ4n) is 3.49. The molecule has 0 aliphatic carbocycles. The smallest absolute Gasteiger partial charge is 0.138 e. The van der Waals surface area contributed by atoms with Crippen molar-refractivity contribution in [3.63, 3.8) is 0 Å². The van der Waals surface area contributed by atoms with E-state index in [0.29, 0.717) is 0 Å². The van der Waals surface area contributed by atoms with Gasteiger partial charge in [-0.15, -0.1) is 0 Å². The minimum Gasteiger partial charge on any atom is -0.338 e. The van der Waals surface area contributed by atoms with Gasteiger partial charge in [0.05, 0.1) is 11.9 Å². The third kappa shape index (κ3) is 2.31. The molecule has 4 aromatic carbocycles. The predicted octanol–water partition coefficient (Wildman–Crippen LogP) is 6.05. The van der Waals surface area contributed by atoms with Gasteiger partial charge in [0, 0.05) is 11.1 Å². The minimum atomic E-state index is 0.903. The number of imidazole rings is 1. The number of fused-ring (bicyclic) bond motifs is 2. The van der Waals surface area contributed by atoms with Gasteiger partial charge in [0.15, 0.2) is 0 Å². The second-order valence-electron chi connectivity index (χ2n) is 6.20. The summed E-state index contributed by atoms with van der Waals surface area (Å²) in [6.45, 7) is 0. The molecule has 0 unspecified atom stereocenters. The monoisotopic (exact) mass is 320 g/mol. The largest absolute Gasteiger partial charge is 0.338 e. The Balaban J connectivity index is 1.69. The Morgan fingerprint density at radius 1 is 0.560 bits per heavy atom. The van der Waals surface area contributed by atoms with Gasteiger partial charge in [0.1, 0.15) is 5.82 Å². The van der Waals surface area contributed by atoms with Crippen molar-refractivity contribution >= 4 is 21.5 Å². The van der Waals surface area contributed by atoms with Gasteiger partial charge < -0.3 is 4.98 Å². The summed E-state index contributed by atoms with van der Waals surface area (Å²) < 4.78 is 0. The number of aromatic amines is 1. The topological polar surface area (TPSA) is 28.7 Å². The Morgan fingerprint density at radius 3 is 1.84 bits per heavy atom. The molecular formula is C23H16N2. The quantitative estimate of drug-likeness (QED) is 0.421. The number of benzene rings is 4. The van der Waals surface area contributed by atoms with Gasteiger partial charge in [-0.25, -0.2) is 4.98 Å². The first-order chi connectivity index (χ1) is 12.4. The lowest BCUT2D eigenvalue weighted by molar-refractivity contribution is 1.32. The fraction of sp³-hybridized carbons (Fsp3) is 0. The van der Waals surface area contributed by atoms with Crippen LogP contribution in [-0.2, 0) is 0 Å². The van der Waals surface area contributed by atoms with E-state index >= 15 is 0 Å². The molecule has 1 heterocycles. The van der Waals surface area contributed by atoms with E-state index in [9.17, 15) is 0 Å². The molecule has 0 saturated carbocycles. The maximum absolute atomic E-state index is 4.66. The highest BCUT2D eigenvalue weighted by atomic mass is 14.9. The highest BCUT2D eigenvalue weighted by Gasteiger charge is 2.10. The summed E-state index contributed by atoms with van der Waals surface area (Å²) in [6.07, 6.45) is 1.93. The third-order valence-electron chi connectivity index (χ3n) is 4.70. The number of rotatable bonds is 2. The van der Waals surface area contributed by atoms with Gasteiger partial charge in [0.2, 0.25) is 0 Å². The fourth-order valence-corrected chi connectivity index (χ4v) is 3.49. The first-order valence-electron chi connectivity index (χ1n) is 8.41. The van der Waals surface area contributed by atoms with E-state index in [1.165, 1.54) is 27.1 Å². The summed E-state index contributed by atoms with van der Waals surface area (Å²) in [6, 6.07) is 29.6. The molecule has 118 valence electrons. The van der Waals surface area contributed by atoms with Crippen LogP contribution in [0.1, 0.15) is 0 Å². The molecule has 0 saturated heterocycles. The number of aromatic nitrogens is 2. The van der Waals surface area contributed by atoms with Gasteiger partial charge in [-0.05, 0) is 21.5 Å². The zero-order valence-electron chi connectivity index (χ0n) is 13.6. The zero-order chi connectivity index (χ0) is 16.6. The second-order valence-corrected chi connectivity index (χ2v) is 6.20. The third-order valence-corrected chi connectivity index (χ3v) is 4.70. The molecule has 0 spiro atoms. The Bertz CT molecular complexity index is 1100. The molecule has 0 radical (unpaired) electrons. The molecule has 0 aliphatic rings. The average molecular weight is 320 g/mol. The Labute approximate surface area is 145 Å². The van der Waals surface area contributed by atoms with Gasteiger partial charge in [0.25, 0.3) is 0 Å². The molecule has 0 aliphatic heterocycles. The van der Waals surface area contributed by atoms with E-state index in [1.807, 2.05) is 6.20 Å². The lowest BCUT2D eigenvalue weighted by atomic mass is 10.0. The van der Waals surface area contributed by atoms with Crippen LogP contribution < -0.4 is 0 Å². The van der Waals surface area contributed by atoms with Gasteiger partial charge in [-0.3, -0.25) is 0 Å². The van der Waals surface area contributed by atoms with Crippen LogP contribution in [0.4, 0.5) is 0 Å². The Hall–Kier alpha value is -3.39. The number of nitrogens with one attached hydrogen (secondary N) is 1. The first-order valence-corrected chi connectivity index (χ1v) is 8.41. The lowest BCUT2D eigenvalue weighted by Gasteiger charge is -2.05. The van der Waals surface area contributed by atoms with Crippen molar-refractivity contribution in [1.29, 1.82) is 0 Å². The van der Waals surface area contributed by atoms with E-state index in [4.69, 9.17) is 0 Å². The molecule has 1 aromatic heterocycles. The maximum atomic E-state index is 4.66. The van der Waals surface area contributed by atoms with Gasteiger partial charge >= 0.3 is 0 Å². The second kappa shape index (κ2) is 5.60. The predicted molar refractivity (Wildman–Crippen MR) is 104 cm³/mol. The normalized spacial score (nSPS) is 11.2. The van der Waals surface area contributed by atoms with Crippen molar-refractivity contribution in [3.8, 4) is 22.6 Å². The molecule has 5 rings (SSSR count). The summed E-state index contributed by atoms with van der Waals surface area (Å²) in [7, 11) is 0. The summed E-state index contributed by atoms with van der Waals surface area (Å²) >= 11 is 0. The Morgan fingerprint density at radius 2 is 1.12 bits per heavy atom. The summed E-state index contributed by atoms with van der Waals surface area (Å²) in [5.74, 6) is 0.903. The van der Waals surface area contributed by atoms with Crippen LogP contribution in [0.2, 0.25) is 0 Å². The van der Waals surface area contributed by atoms with Crippen molar-refractivity contribution in [2.45, 2.75) is 0 Å². The van der Waals surface area contributed by atoms with Gasteiger partial charge in [-0.2, -0.15) is 0 Å². The summed E-state index contributed by atoms with van der Waals surface area (Å²) in [5, 5.41) is 4.91. The van der Waals surface area contributed by atoms with Crippen LogP contribution in [0.5, 0.6) is 0 Å². The van der Waals surface area contributed by atoms with Crippen LogP contribution in [0.15, 0.2) is 91.1 Å². The summed E-state index contributed by atoms with van der Waals surface area (Å²) in [4.78, 5) is 8.18. The van der Waals surface area contributed by atoms with E-state index in [-0.39, 0.29) is 0 Å². The molecule has 0 bridgehead atoms. The van der Waals surface area contributed by atoms with Crippen molar-refractivity contribution in [2.24, 2.45) is 0 Å². The van der Waals surface area contributed by atoms with Crippen LogP contribution in [-0.4, -0.2) is 9.97 Å². The zero-order valence-corrected chi connectivity index (χ0v) is 13.6. The number of nitrogens with zero attached hydrogens (tertiary/aromatic N) is 1. The molecule has 0 amide bonds. The molecule has 2 nitrogen and oxygen atoms in total. The van der Waals surface area contributed by atoms with Crippen LogP contribution in [0.25, 0.3) is 44.2 Å². The van der Waals surface area contributed by atoms with Gasteiger partial charge in [-0.1, -0.05) is 84.9 Å². The molecule has 2 heteroatoms. The van der Waals surface area contributed by atoms with Crippen molar-refractivity contribution in [3.05, 3.63) is 91.1 Å². The first kappa shape index (κ1) is 14.0. The average Bonchev–Trinajstić information content (AvgIpc) is 3.17. The highest BCUT2D eigenvalue weighted by molar-refractivity contribution is 5.97. The van der Waals surface area contributed by atoms with Crippen molar-refractivity contribution in [2.75, 3.05) is 0 Å². The van der Waals surface area contributed by atoms with Crippen LogP contribution in [0.3, 0.4) is 0 Å². The van der Waals surface area contributed by atoms with Crippen molar-refractivity contribution in [1.82, 2.24) is 9.97 Å². The maximum Gasteiger partial charge on any atom is 0.138 e. The SMILES string of the molecule is c1ccc2c(-c3cnc(-c4cccc5ccccc45)[nH]3)cccc2c1. The van der Waals surface area contributed by atoms with E-state index < -0.39 is 0 Å². The minimum absolute atomic E-state index is 0.903. The number of hydrogen-bond acceptors (Lipinski definition) is 1. The molecule has 0 fully saturated rings. The van der Waals surface area contributed by atoms with Crippen LogP contribution in [0, 0.1) is 0 Å². The van der Waals surface area contributed by atoms with E-state index in [1.54, 1.807) is 0 Å². The van der Waals surface area contributed by atoms with E-state index in [0.717, 1.165) is 17.1 Å². The number of H-pyrrole nitrogens is 1. The Kier molecular flexibility index (Phi) is 3.14.